The van der Waals surface area contributed by atoms with E-state index in [0.717, 1.165) is 10.2 Å². The van der Waals surface area contributed by atoms with Gasteiger partial charge in [0.15, 0.2) is 4.80 Å². The van der Waals surface area contributed by atoms with Gasteiger partial charge in [0.05, 0.1) is 27.9 Å². The molecule has 1 amide bonds. The third-order valence-electron chi connectivity index (χ3n) is 3.50. The van der Waals surface area contributed by atoms with Crippen molar-refractivity contribution in [1.82, 2.24) is 4.57 Å². The average molecular weight is 359 g/mol. The van der Waals surface area contributed by atoms with Crippen molar-refractivity contribution in [3.63, 3.8) is 0 Å². The molecule has 0 atom stereocenters. The van der Waals surface area contributed by atoms with E-state index in [1.165, 1.54) is 18.4 Å². The van der Waals surface area contributed by atoms with E-state index in [-0.39, 0.29) is 5.91 Å². The van der Waals surface area contributed by atoms with Crippen LogP contribution in [-0.4, -0.2) is 17.6 Å². The molecule has 3 aromatic rings. The van der Waals surface area contributed by atoms with Gasteiger partial charge in [0.1, 0.15) is 5.75 Å². The fourth-order valence-corrected chi connectivity index (χ4v) is 3.84. The molecule has 0 aliphatic rings. The Bertz CT molecular complexity index is 988. The number of nitrogens with zero attached hydrogens (tertiary/aromatic N) is 2. The highest BCUT2D eigenvalue weighted by atomic mass is 35.5. The van der Waals surface area contributed by atoms with Crippen LogP contribution in [0.3, 0.4) is 0 Å². The summed E-state index contributed by atoms with van der Waals surface area (Å²) in [5.74, 6) is 0.147. The number of rotatable bonds is 4. The molecule has 0 bridgehead atoms. The van der Waals surface area contributed by atoms with Gasteiger partial charge in [0, 0.05) is 6.54 Å². The van der Waals surface area contributed by atoms with Gasteiger partial charge in [-0.05, 0) is 24.3 Å². The first-order valence-electron chi connectivity index (χ1n) is 7.26. The normalized spacial score (nSPS) is 11.7. The summed E-state index contributed by atoms with van der Waals surface area (Å²) in [5, 5.41) is 0.622. The Labute approximate surface area is 148 Å². The summed E-state index contributed by atoms with van der Waals surface area (Å²) in [6.07, 6.45) is 1.75. The highest BCUT2D eigenvalue weighted by Gasteiger charge is 2.13. The van der Waals surface area contributed by atoms with E-state index in [1.54, 1.807) is 24.3 Å². The Balaban J connectivity index is 2.19. The molecular formula is C18H15ClN2O2S. The minimum Gasteiger partial charge on any atom is -0.496 e. The molecule has 0 aliphatic heterocycles. The average Bonchev–Trinajstić information content (AvgIpc) is 2.94. The van der Waals surface area contributed by atoms with Gasteiger partial charge in [-0.2, -0.15) is 4.99 Å². The van der Waals surface area contributed by atoms with Crippen LogP contribution in [0.15, 0.2) is 60.1 Å². The lowest BCUT2D eigenvalue weighted by Gasteiger charge is -2.04. The molecule has 1 aromatic heterocycles. The van der Waals surface area contributed by atoms with Crippen molar-refractivity contribution < 1.29 is 9.53 Å². The van der Waals surface area contributed by atoms with Crippen LogP contribution in [0.1, 0.15) is 10.4 Å². The molecule has 1 heterocycles. The molecule has 2 aromatic carbocycles. The van der Waals surface area contributed by atoms with Crippen molar-refractivity contribution >= 4 is 39.1 Å². The van der Waals surface area contributed by atoms with E-state index in [2.05, 4.69) is 11.6 Å². The summed E-state index contributed by atoms with van der Waals surface area (Å²) in [5.41, 5.74) is 1.28. The third-order valence-corrected chi connectivity index (χ3v) is 4.85. The number of aromatic nitrogens is 1. The number of para-hydroxylation sites is 2. The van der Waals surface area contributed by atoms with Crippen molar-refractivity contribution in [3.8, 4) is 5.75 Å². The number of thiazole rings is 1. The summed E-state index contributed by atoms with van der Waals surface area (Å²) in [6.45, 7) is 4.29. The maximum atomic E-state index is 12.6. The smallest absolute Gasteiger partial charge is 0.283 e. The summed E-state index contributed by atoms with van der Waals surface area (Å²) in [7, 11) is 1.53. The third kappa shape index (κ3) is 3.00. The molecular weight excluding hydrogens is 344 g/mol. The molecule has 0 saturated carbocycles. The van der Waals surface area contributed by atoms with Crippen molar-refractivity contribution in [1.29, 1.82) is 0 Å². The number of hydrogen-bond donors (Lipinski definition) is 0. The van der Waals surface area contributed by atoms with Crippen LogP contribution in [0.5, 0.6) is 5.75 Å². The van der Waals surface area contributed by atoms with Crippen LogP contribution in [-0.2, 0) is 6.54 Å². The van der Waals surface area contributed by atoms with Crippen LogP contribution in [0, 0.1) is 0 Å². The number of fused-ring (bicyclic) bond motifs is 1. The van der Waals surface area contributed by atoms with Gasteiger partial charge in [-0.3, -0.25) is 4.79 Å². The van der Waals surface area contributed by atoms with E-state index in [1.807, 2.05) is 28.8 Å². The number of benzene rings is 2. The molecule has 24 heavy (non-hydrogen) atoms. The van der Waals surface area contributed by atoms with E-state index < -0.39 is 0 Å². The summed E-state index contributed by atoms with van der Waals surface area (Å²) < 4.78 is 8.10. The molecule has 0 N–H and O–H groups in total. The van der Waals surface area contributed by atoms with Gasteiger partial charge < -0.3 is 9.30 Å². The van der Waals surface area contributed by atoms with Crippen LogP contribution in [0.4, 0.5) is 0 Å². The molecule has 0 radical (unpaired) electrons. The maximum Gasteiger partial charge on any atom is 0.283 e. The Morgan fingerprint density at radius 1 is 1.33 bits per heavy atom. The van der Waals surface area contributed by atoms with E-state index in [4.69, 9.17) is 16.3 Å². The van der Waals surface area contributed by atoms with Gasteiger partial charge in [0.2, 0.25) is 0 Å². The highest BCUT2D eigenvalue weighted by molar-refractivity contribution is 7.16. The van der Waals surface area contributed by atoms with Crippen molar-refractivity contribution in [2.75, 3.05) is 7.11 Å². The van der Waals surface area contributed by atoms with Gasteiger partial charge in [-0.25, -0.2) is 0 Å². The summed E-state index contributed by atoms with van der Waals surface area (Å²) in [4.78, 5) is 17.5. The van der Waals surface area contributed by atoms with E-state index in [0.29, 0.717) is 27.7 Å². The fourth-order valence-electron chi connectivity index (χ4n) is 2.44. The minimum atomic E-state index is -0.354. The predicted octanol–water partition coefficient (Wildman–Crippen LogP) is 4.29. The Hall–Kier alpha value is -2.37. The minimum absolute atomic E-state index is 0.354. The maximum absolute atomic E-state index is 12.6. The molecule has 0 fully saturated rings. The van der Waals surface area contributed by atoms with Crippen LogP contribution in [0.25, 0.3) is 10.2 Å². The van der Waals surface area contributed by atoms with Crippen LogP contribution in [0.2, 0.25) is 5.02 Å². The highest BCUT2D eigenvalue weighted by Crippen LogP contribution is 2.25. The number of hydrogen-bond acceptors (Lipinski definition) is 3. The standard InChI is InChI=1S/C18H15ClN2O2S/c1-3-11-21-16-13(19)8-6-10-15(16)24-18(21)20-17(22)12-7-4-5-9-14(12)23-2/h3-10H,1,11H2,2H3. The first-order chi connectivity index (χ1) is 11.7. The molecule has 0 aliphatic carbocycles. The number of methoxy groups -OCH3 is 1. The fraction of sp³-hybridized carbons (Fsp3) is 0.111. The summed E-state index contributed by atoms with van der Waals surface area (Å²) in [6, 6.07) is 12.7. The van der Waals surface area contributed by atoms with Crippen molar-refractivity contribution in [2.45, 2.75) is 6.54 Å². The zero-order valence-electron chi connectivity index (χ0n) is 13.0. The van der Waals surface area contributed by atoms with Gasteiger partial charge in [0.25, 0.3) is 5.91 Å². The summed E-state index contributed by atoms with van der Waals surface area (Å²) >= 11 is 7.73. The number of halogens is 1. The zero-order valence-corrected chi connectivity index (χ0v) is 14.6. The SMILES string of the molecule is C=CCn1c(=NC(=O)c2ccccc2OC)sc2cccc(Cl)c21. The Kier molecular flexibility index (Phi) is 4.83. The van der Waals surface area contributed by atoms with Crippen molar-refractivity contribution in [2.24, 2.45) is 4.99 Å². The van der Waals surface area contributed by atoms with Gasteiger partial charge in [-0.15, -0.1) is 6.58 Å². The van der Waals surface area contributed by atoms with Gasteiger partial charge >= 0.3 is 0 Å². The lowest BCUT2D eigenvalue weighted by atomic mass is 10.2. The molecule has 6 heteroatoms. The number of carbonyl (C=O) groups is 1. The molecule has 0 saturated heterocycles. The molecule has 0 unspecified atom stereocenters. The first kappa shape index (κ1) is 16.5. The number of amides is 1. The first-order valence-corrected chi connectivity index (χ1v) is 8.46. The monoisotopic (exact) mass is 358 g/mol. The molecule has 4 nitrogen and oxygen atoms in total. The second kappa shape index (κ2) is 7.03. The Morgan fingerprint density at radius 3 is 2.88 bits per heavy atom. The van der Waals surface area contributed by atoms with E-state index in [9.17, 15) is 4.79 Å². The molecule has 122 valence electrons. The lowest BCUT2D eigenvalue weighted by molar-refractivity contribution is 0.0995. The predicted molar refractivity (Wildman–Crippen MR) is 97.9 cm³/mol. The second-order valence-electron chi connectivity index (χ2n) is 4.99. The lowest BCUT2D eigenvalue weighted by Crippen LogP contribution is -2.16. The van der Waals surface area contributed by atoms with E-state index >= 15 is 0 Å². The molecule has 3 rings (SSSR count). The van der Waals surface area contributed by atoms with Crippen LogP contribution >= 0.6 is 22.9 Å². The number of carbonyl (C=O) groups excluding carboxylic acids is 1. The number of ether oxygens (including phenoxy) is 1. The van der Waals surface area contributed by atoms with Crippen LogP contribution < -0.4 is 9.54 Å². The van der Waals surface area contributed by atoms with Crippen molar-refractivity contribution in [3.05, 3.63) is 70.5 Å². The Morgan fingerprint density at radius 2 is 2.12 bits per heavy atom. The zero-order chi connectivity index (χ0) is 17.1. The second-order valence-corrected chi connectivity index (χ2v) is 6.40. The van der Waals surface area contributed by atoms with Gasteiger partial charge in [-0.1, -0.05) is 47.2 Å². The topological polar surface area (TPSA) is 43.6 Å². The quantitative estimate of drug-likeness (QED) is 0.653. The molecule has 0 spiro atoms. The number of allylic oxidation sites excluding steroid dienone is 1. The largest absolute Gasteiger partial charge is 0.496 e.